The SMILES string of the molecule is O=C(OCC(O)C(O)C(O)C(O)CO)c1ccc(CCC[C@@H]2[C@@H](CCc3cc(Cl)cc(Cl)c3)[C@H](O)C[C@H]2Cl)s1. The van der Waals surface area contributed by atoms with E-state index in [0.717, 1.165) is 42.5 Å². The molecule has 1 aliphatic carbocycles. The lowest BCUT2D eigenvalue weighted by molar-refractivity contribution is -0.124. The minimum absolute atomic E-state index is 0.0675. The summed E-state index contributed by atoms with van der Waals surface area (Å²) in [5, 5.41) is 59.3. The molecule has 0 saturated heterocycles. The summed E-state index contributed by atoms with van der Waals surface area (Å²) in [6.07, 6.45) is -2.88. The highest BCUT2D eigenvalue weighted by Gasteiger charge is 2.40. The van der Waals surface area contributed by atoms with E-state index in [0.29, 0.717) is 21.3 Å². The smallest absolute Gasteiger partial charge is 0.348 e. The number of hydrogen-bond donors (Lipinski definition) is 6. The van der Waals surface area contributed by atoms with Gasteiger partial charge in [-0.15, -0.1) is 22.9 Å². The Kier molecular flexibility index (Phi) is 12.8. The predicted molar refractivity (Wildman–Crippen MR) is 151 cm³/mol. The van der Waals surface area contributed by atoms with Crippen LogP contribution in [0, 0.1) is 11.8 Å². The topological polar surface area (TPSA) is 148 Å². The van der Waals surface area contributed by atoms with Gasteiger partial charge < -0.3 is 35.4 Å². The van der Waals surface area contributed by atoms with Crippen LogP contribution in [0.3, 0.4) is 0 Å². The fourth-order valence-corrected chi connectivity index (χ4v) is 7.06. The maximum absolute atomic E-state index is 12.4. The first kappa shape index (κ1) is 32.5. The van der Waals surface area contributed by atoms with E-state index < -0.39 is 49.7 Å². The molecule has 6 N–H and O–H groups in total. The largest absolute Gasteiger partial charge is 0.459 e. The quantitative estimate of drug-likeness (QED) is 0.139. The standard InChI is InChI=1S/C27H35Cl3O8S/c28-15-8-14(9-16(29)10-15)4-6-19-18(20(30)11-21(19)32)3-1-2-17-5-7-24(39-17)27(37)38-13-23(34)26(36)25(35)22(33)12-31/h5,7-10,18-23,25-26,31-36H,1-4,6,11-13H2/t18-,19-,20-,21-,22?,23?,25?,26?/m1/s1. The van der Waals surface area contributed by atoms with Crippen molar-refractivity contribution >= 4 is 52.1 Å². The monoisotopic (exact) mass is 624 g/mol. The van der Waals surface area contributed by atoms with Gasteiger partial charge in [0.2, 0.25) is 0 Å². The molecule has 1 fully saturated rings. The van der Waals surface area contributed by atoms with Crippen LogP contribution in [0.4, 0.5) is 0 Å². The average molecular weight is 626 g/mol. The van der Waals surface area contributed by atoms with Gasteiger partial charge in [0.1, 0.15) is 35.9 Å². The number of carbonyl (C=O) groups excluding carboxylic acids is 1. The van der Waals surface area contributed by atoms with Crippen molar-refractivity contribution in [3.8, 4) is 0 Å². The molecule has 12 heteroatoms. The normalized spacial score (nSPS) is 24.3. The molecule has 0 bridgehead atoms. The highest BCUT2D eigenvalue weighted by atomic mass is 35.5. The van der Waals surface area contributed by atoms with Crippen molar-refractivity contribution in [2.24, 2.45) is 11.8 Å². The number of aryl methyl sites for hydroxylation is 2. The molecule has 8 nitrogen and oxygen atoms in total. The van der Waals surface area contributed by atoms with Gasteiger partial charge in [0.05, 0.1) is 12.7 Å². The molecular weight excluding hydrogens is 591 g/mol. The fraction of sp³-hybridized carbons (Fsp3) is 0.593. The molecule has 0 spiro atoms. The summed E-state index contributed by atoms with van der Waals surface area (Å²) < 4.78 is 5.04. The Hall–Kier alpha value is -0.980. The van der Waals surface area contributed by atoms with Crippen molar-refractivity contribution in [2.45, 2.75) is 74.4 Å². The number of aliphatic hydroxyl groups is 6. The van der Waals surface area contributed by atoms with Gasteiger partial charge in [-0.1, -0.05) is 23.2 Å². The molecule has 2 aromatic rings. The second kappa shape index (κ2) is 15.3. The zero-order chi connectivity index (χ0) is 28.7. The Balaban J connectivity index is 1.46. The molecule has 1 aliphatic rings. The van der Waals surface area contributed by atoms with Gasteiger partial charge in [0.25, 0.3) is 0 Å². The molecule has 8 atom stereocenters. The number of carbonyl (C=O) groups is 1. The van der Waals surface area contributed by atoms with Gasteiger partial charge in [-0.05, 0) is 86.3 Å². The highest BCUT2D eigenvalue weighted by molar-refractivity contribution is 7.13. The minimum atomic E-state index is -1.80. The van der Waals surface area contributed by atoms with Crippen molar-refractivity contribution in [1.29, 1.82) is 0 Å². The molecule has 0 amide bonds. The molecule has 3 rings (SSSR count). The first-order chi connectivity index (χ1) is 18.5. The summed E-state index contributed by atoms with van der Waals surface area (Å²) in [6, 6.07) is 8.91. The number of alkyl halides is 1. The zero-order valence-corrected chi connectivity index (χ0v) is 24.3. The summed E-state index contributed by atoms with van der Waals surface area (Å²) >= 11 is 20.1. The lowest BCUT2D eigenvalue weighted by atomic mass is 9.85. The van der Waals surface area contributed by atoms with Crippen LogP contribution in [-0.2, 0) is 17.6 Å². The highest BCUT2D eigenvalue weighted by Crippen LogP contribution is 2.42. The molecular formula is C27H35Cl3O8S. The van der Waals surface area contributed by atoms with Gasteiger partial charge in [0, 0.05) is 20.3 Å². The third-order valence-corrected chi connectivity index (χ3v) is 9.26. The summed E-state index contributed by atoms with van der Waals surface area (Å²) in [5.41, 5.74) is 1.02. The molecule has 218 valence electrons. The van der Waals surface area contributed by atoms with Crippen molar-refractivity contribution < 1.29 is 40.2 Å². The second-order valence-electron chi connectivity index (χ2n) is 10.0. The third kappa shape index (κ3) is 9.26. The Labute approximate surface area is 246 Å². The predicted octanol–water partition coefficient (Wildman–Crippen LogP) is 3.21. The fourth-order valence-electron chi connectivity index (χ4n) is 5.05. The summed E-state index contributed by atoms with van der Waals surface area (Å²) in [4.78, 5) is 13.7. The molecule has 1 aromatic heterocycles. The number of benzene rings is 1. The van der Waals surface area contributed by atoms with Crippen LogP contribution >= 0.6 is 46.1 Å². The van der Waals surface area contributed by atoms with Crippen molar-refractivity contribution in [2.75, 3.05) is 13.2 Å². The van der Waals surface area contributed by atoms with E-state index in [1.807, 2.05) is 18.2 Å². The van der Waals surface area contributed by atoms with Gasteiger partial charge in [-0.25, -0.2) is 4.79 Å². The maximum Gasteiger partial charge on any atom is 0.348 e. The summed E-state index contributed by atoms with van der Waals surface area (Å²) in [6.45, 7) is -1.39. The van der Waals surface area contributed by atoms with Crippen molar-refractivity contribution in [1.82, 2.24) is 0 Å². The number of esters is 1. The van der Waals surface area contributed by atoms with Crippen LogP contribution in [-0.4, -0.2) is 85.7 Å². The lowest BCUT2D eigenvalue weighted by Gasteiger charge is -2.25. The van der Waals surface area contributed by atoms with E-state index in [1.54, 1.807) is 12.1 Å². The zero-order valence-electron chi connectivity index (χ0n) is 21.2. The van der Waals surface area contributed by atoms with E-state index in [2.05, 4.69) is 0 Å². The van der Waals surface area contributed by atoms with Crippen molar-refractivity contribution in [3.05, 3.63) is 55.7 Å². The van der Waals surface area contributed by atoms with Crippen LogP contribution < -0.4 is 0 Å². The van der Waals surface area contributed by atoms with Gasteiger partial charge in [-0.2, -0.15) is 0 Å². The molecule has 1 aromatic carbocycles. The number of halogens is 3. The Morgan fingerprint density at radius 1 is 0.974 bits per heavy atom. The van der Waals surface area contributed by atoms with Crippen LogP contribution in [0.15, 0.2) is 30.3 Å². The third-order valence-electron chi connectivity index (χ3n) is 7.20. The van der Waals surface area contributed by atoms with Gasteiger partial charge >= 0.3 is 5.97 Å². The Morgan fingerprint density at radius 2 is 1.64 bits per heavy atom. The number of ether oxygens (including phenoxy) is 1. The molecule has 4 unspecified atom stereocenters. The average Bonchev–Trinajstić information content (AvgIpc) is 3.47. The molecule has 1 heterocycles. The van der Waals surface area contributed by atoms with E-state index >= 15 is 0 Å². The Morgan fingerprint density at radius 3 is 2.31 bits per heavy atom. The number of thiophene rings is 1. The van der Waals surface area contributed by atoms with Crippen LogP contribution in [0.5, 0.6) is 0 Å². The number of aliphatic hydroxyl groups excluding tert-OH is 6. The number of rotatable bonds is 14. The van der Waals surface area contributed by atoms with E-state index in [9.17, 15) is 30.3 Å². The molecule has 1 saturated carbocycles. The first-order valence-corrected chi connectivity index (χ1v) is 14.9. The summed E-state index contributed by atoms with van der Waals surface area (Å²) in [7, 11) is 0. The van der Waals surface area contributed by atoms with E-state index in [-0.39, 0.29) is 17.2 Å². The van der Waals surface area contributed by atoms with Crippen LogP contribution in [0.25, 0.3) is 0 Å². The minimum Gasteiger partial charge on any atom is -0.459 e. The number of hydrogen-bond acceptors (Lipinski definition) is 9. The lowest BCUT2D eigenvalue weighted by Crippen LogP contribution is -2.47. The van der Waals surface area contributed by atoms with E-state index in [1.165, 1.54) is 11.3 Å². The van der Waals surface area contributed by atoms with Gasteiger partial charge in [0.15, 0.2) is 0 Å². The van der Waals surface area contributed by atoms with Crippen LogP contribution in [0.2, 0.25) is 10.0 Å². The Bertz CT molecular complexity index is 1050. The van der Waals surface area contributed by atoms with Crippen LogP contribution in [0.1, 0.15) is 45.8 Å². The molecule has 0 aliphatic heterocycles. The molecule has 0 radical (unpaired) electrons. The first-order valence-electron chi connectivity index (χ1n) is 12.9. The van der Waals surface area contributed by atoms with E-state index in [4.69, 9.17) is 44.6 Å². The maximum atomic E-state index is 12.4. The molecule has 39 heavy (non-hydrogen) atoms. The summed E-state index contributed by atoms with van der Waals surface area (Å²) in [5.74, 6) is -0.457. The second-order valence-corrected chi connectivity index (χ2v) is 12.6. The van der Waals surface area contributed by atoms with Crippen molar-refractivity contribution in [3.63, 3.8) is 0 Å². The van der Waals surface area contributed by atoms with Gasteiger partial charge in [-0.3, -0.25) is 0 Å².